The third-order valence-corrected chi connectivity index (χ3v) is 2.61. The van der Waals surface area contributed by atoms with Crippen molar-refractivity contribution in [2.24, 2.45) is 0 Å². The summed E-state index contributed by atoms with van der Waals surface area (Å²) in [4.78, 5) is 11.6. The molecule has 1 aliphatic heterocycles. The van der Waals surface area contributed by atoms with Crippen molar-refractivity contribution >= 4 is 11.7 Å². The zero-order valence-corrected chi connectivity index (χ0v) is 10.4. The molecule has 8 heteroatoms. The third kappa shape index (κ3) is 4.61. The number of halogens is 3. The lowest BCUT2D eigenvalue weighted by molar-refractivity contribution is -0.274. The summed E-state index contributed by atoms with van der Waals surface area (Å²) < 4.78 is 44.7. The number of hydrogen-bond acceptors (Lipinski definition) is 3. The molecule has 1 unspecified atom stereocenters. The molecule has 2 amide bonds. The fraction of sp³-hybridized carbons (Fsp3) is 0.417. The number of benzene rings is 1. The van der Waals surface area contributed by atoms with Crippen LogP contribution < -0.4 is 15.4 Å². The van der Waals surface area contributed by atoms with Crippen LogP contribution in [0.2, 0.25) is 0 Å². The van der Waals surface area contributed by atoms with Crippen LogP contribution in [0.25, 0.3) is 0 Å². The fourth-order valence-electron chi connectivity index (χ4n) is 1.74. The highest BCUT2D eigenvalue weighted by Gasteiger charge is 2.30. The lowest BCUT2D eigenvalue weighted by Gasteiger charge is -2.12. The Morgan fingerprint density at radius 3 is 2.55 bits per heavy atom. The predicted octanol–water partition coefficient (Wildman–Crippen LogP) is 2.50. The van der Waals surface area contributed by atoms with Crippen molar-refractivity contribution in [2.75, 3.05) is 18.5 Å². The molecule has 0 saturated carbocycles. The van der Waals surface area contributed by atoms with Gasteiger partial charge in [-0.05, 0) is 30.7 Å². The van der Waals surface area contributed by atoms with Gasteiger partial charge in [-0.2, -0.15) is 0 Å². The molecular weight excluding hydrogens is 277 g/mol. The van der Waals surface area contributed by atoms with Gasteiger partial charge in [0.15, 0.2) is 0 Å². The van der Waals surface area contributed by atoms with E-state index in [2.05, 4.69) is 15.4 Å². The van der Waals surface area contributed by atoms with E-state index in [9.17, 15) is 18.0 Å². The molecule has 1 aliphatic rings. The summed E-state index contributed by atoms with van der Waals surface area (Å²) in [7, 11) is 0. The van der Waals surface area contributed by atoms with Crippen molar-refractivity contribution in [2.45, 2.75) is 18.8 Å². The molecule has 1 heterocycles. The number of carbonyl (C=O) groups is 1. The van der Waals surface area contributed by atoms with E-state index in [4.69, 9.17) is 4.74 Å². The van der Waals surface area contributed by atoms with Crippen molar-refractivity contribution < 1.29 is 27.4 Å². The predicted molar refractivity (Wildman–Crippen MR) is 64.5 cm³/mol. The van der Waals surface area contributed by atoms with Gasteiger partial charge in [-0.3, -0.25) is 0 Å². The monoisotopic (exact) mass is 290 g/mol. The van der Waals surface area contributed by atoms with E-state index in [1.807, 2.05) is 0 Å². The highest BCUT2D eigenvalue weighted by Crippen LogP contribution is 2.23. The maximum absolute atomic E-state index is 12.0. The largest absolute Gasteiger partial charge is 0.573 e. The van der Waals surface area contributed by atoms with Crippen LogP contribution in [0.15, 0.2) is 24.3 Å². The van der Waals surface area contributed by atoms with Gasteiger partial charge in [0.2, 0.25) is 0 Å². The molecular formula is C12H13F3N2O3. The summed E-state index contributed by atoms with van der Waals surface area (Å²) in [5, 5.41) is 5.21. The first-order valence-corrected chi connectivity index (χ1v) is 5.93. The Morgan fingerprint density at radius 1 is 1.30 bits per heavy atom. The van der Waals surface area contributed by atoms with E-state index in [0.29, 0.717) is 18.9 Å². The van der Waals surface area contributed by atoms with Crippen LogP contribution in [0.1, 0.15) is 6.42 Å². The number of urea groups is 1. The summed E-state index contributed by atoms with van der Waals surface area (Å²) in [6.07, 6.45) is -3.99. The maximum atomic E-state index is 12.0. The molecule has 1 aromatic carbocycles. The molecule has 2 rings (SSSR count). The minimum atomic E-state index is -4.73. The second-order valence-electron chi connectivity index (χ2n) is 4.23. The van der Waals surface area contributed by atoms with Gasteiger partial charge in [-0.25, -0.2) is 4.79 Å². The molecule has 110 valence electrons. The van der Waals surface area contributed by atoms with Gasteiger partial charge in [0.1, 0.15) is 5.75 Å². The second kappa shape index (κ2) is 6.00. The third-order valence-electron chi connectivity index (χ3n) is 2.61. The first-order valence-electron chi connectivity index (χ1n) is 5.93. The molecule has 20 heavy (non-hydrogen) atoms. The first-order chi connectivity index (χ1) is 9.42. The Morgan fingerprint density at radius 2 is 2.00 bits per heavy atom. The SMILES string of the molecule is O=C(Nc1ccc(OC(F)(F)F)cc1)NC1CCOC1. The zero-order chi connectivity index (χ0) is 14.6. The fourth-order valence-corrected chi connectivity index (χ4v) is 1.74. The molecule has 1 atom stereocenters. The summed E-state index contributed by atoms with van der Waals surface area (Å²) in [5.74, 6) is -0.340. The zero-order valence-electron chi connectivity index (χ0n) is 10.4. The van der Waals surface area contributed by atoms with Crippen molar-refractivity contribution in [1.29, 1.82) is 0 Å². The number of amides is 2. The number of anilines is 1. The number of ether oxygens (including phenoxy) is 2. The molecule has 5 nitrogen and oxygen atoms in total. The molecule has 0 aliphatic carbocycles. The highest BCUT2D eigenvalue weighted by molar-refractivity contribution is 5.89. The van der Waals surface area contributed by atoms with E-state index in [-0.39, 0.29) is 11.8 Å². The van der Waals surface area contributed by atoms with Gasteiger partial charge >= 0.3 is 12.4 Å². The van der Waals surface area contributed by atoms with Crippen LogP contribution in [0.3, 0.4) is 0 Å². The lowest BCUT2D eigenvalue weighted by atomic mass is 10.2. The number of rotatable bonds is 3. The van der Waals surface area contributed by atoms with E-state index in [1.54, 1.807) is 0 Å². The quantitative estimate of drug-likeness (QED) is 0.899. The van der Waals surface area contributed by atoms with Gasteiger partial charge in [0.05, 0.1) is 12.6 Å². The van der Waals surface area contributed by atoms with Crippen molar-refractivity contribution in [3.8, 4) is 5.75 Å². The Balaban J connectivity index is 1.85. The number of nitrogens with one attached hydrogen (secondary N) is 2. The Labute approximate surface area is 113 Å². The summed E-state index contributed by atoms with van der Waals surface area (Å²) in [6.45, 7) is 1.07. The van der Waals surface area contributed by atoms with Gasteiger partial charge in [-0.15, -0.1) is 13.2 Å². The van der Waals surface area contributed by atoms with Crippen molar-refractivity contribution in [1.82, 2.24) is 5.32 Å². The average Bonchev–Trinajstić information content (AvgIpc) is 2.82. The normalized spacial score (nSPS) is 18.6. The smallest absolute Gasteiger partial charge is 0.406 e. The van der Waals surface area contributed by atoms with Crippen molar-refractivity contribution in [3.63, 3.8) is 0 Å². The van der Waals surface area contributed by atoms with Crippen molar-refractivity contribution in [3.05, 3.63) is 24.3 Å². The topological polar surface area (TPSA) is 59.6 Å². The van der Waals surface area contributed by atoms with Gasteiger partial charge < -0.3 is 20.1 Å². The van der Waals surface area contributed by atoms with Crippen LogP contribution in [0.5, 0.6) is 5.75 Å². The average molecular weight is 290 g/mol. The molecule has 0 bridgehead atoms. The Bertz CT molecular complexity index is 456. The lowest BCUT2D eigenvalue weighted by Crippen LogP contribution is -2.38. The minimum Gasteiger partial charge on any atom is -0.406 e. The number of hydrogen-bond donors (Lipinski definition) is 2. The molecule has 1 fully saturated rings. The van der Waals surface area contributed by atoms with E-state index >= 15 is 0 Å². The summed E-state index contributed by atoms with van der Waals surface area (Å²) >= 11 is 0. The van der Waals surface area contributed by atoms with Crippen LogP contribution in [0.4, 0.5) is 23.7 Å². The minimum absolute atomic E-state index is 0.0390. The highest BCUT2D eigenvalue weighted by atomic mass is 19.4. The maximum Gasteiger partial charge on any atom is 0.573 e. The van der Waals surface area contributed by atoms with E-state index in [0.717, 1.165) is 18.6 Å². The van der Waals surface area contributed by atoms with Crippen LogP contribution >= 0.6 is 0 Å². The van der Waals surface area contributed by atoms with E-state index in [1.165, 1.54) is 12.1 Å². The molecule has 0 radical (unpaired) electrons. The van der Waals surface area contributed by atoms with Crippen LogP contribution in [-0.2, 0) is 4.74 Å². The summed E-state index contributed by atoms with van der Waals surface area (Å²) in [6, 6.07) is 4.44. The second-order valence-corrected chi connectivity index (χ2v) is 4.23. The molecule has 1 aromatic rings. The molecule has 0 aromatic heterocycles. The molecule has 2 N–H and O–H groups in total. The van der Waals surface area contributed by atoms with Gasteiger partial charge in [0.25, 0.3) is 0 Å². The Hall–Kier alpha value is -1.96. The van der Waals surface area contributed by atoms with E-state index < -0.39 is 12.4 Å². The Kier molecular flexibility index (Phi) is 4.33. The number of carbonyl (C=O) groups excluding carboxylic acids is 1. The van der Waals surface area contributed by atoms with Crippen LogP contribution in [-0.4, -0.2) is 31.6 Å². The van der Waals surface area contributed by atoms with Gasteiger partial charge in [0, 0.05) is 12.3 Å². The molecule has 0 spiro atoms. The van der Waals surface area contributed by atoms with Gasteiger partial charge in [-0.1, -0.05) is 0 Å². The van der Waals surface area contributed by atoms with Crippen LogP contribution in [0, 0.1) is 0 Å². The first kappa shape index (κ1) is 14.4. The number of alkyl halides is 3. The molecule has 1 saturated heterocycles. The summed E-state index contributed by atoms with van der Waals surface area (Å²) in [5.41, 5.74) is 0.371. The standard InChI is InChI=1S/C12H13F3N2O3/c13-12(14,15)20-10-3-1-8(2-4-10)16-11(18)17-9-5-6-19-7-9/h1-4,9H,5-7H2,(H2,16,17,18).